The van der Waals surface area contributed by atoms with Crippen LogP contribution in [0.15, 0.2) is 121 Å². The number of hydrogen-bond acceptors (Lipinski definition) is 2. The van der Waals surface area contributed by atoms with Gasteiger partial charge >= 0.3 is 0 Å². The number of ether oxygens (including phenoxy) is 1. The Balaban J connectivity index is 1.50. The molecule has 1 aliphatic rings. The van der Waals surface area contributed by atoms with Gasteiger partial charge in [0.25, 0.3) is 6.71 Å². The first-order chi connectivity index (χ1) is 16.9. The Kier molecular flexibility index (Phi) is 4.28. The van der Waals surface area contributed by atoms with E-state index in [9.17, 15) is 0 Å². The van der Waals surface area contributed by atoms with E-state index in [1.165, 1.54) is 38.0 Å². The average molecular weight is 433 g/mol. The number of para-hydroxylation sites is 1. The van der Waals surface area contributed by atoms with Crippen molar-refractivity contribution in [3.63, 3.8) is 0 Å². The van der Waals surface area contributed by atoms with Crippen molar-refractivity contribution < 1.29 is 4.74 Å². The lowest BCUT2D eigenvalue weighted by molar-refractivity contribution is 0.487. The quantitative estimate of drug-likeness (QED) is 0.264. The molecule has 7 rings (SSSR count). The van der Waals surface area contributed by atoms with Gasteiger partial charge in [-0.1, -0.05) is 95.9 Å². The number of hydrogen-bond donors (Lipinski definition) is 0. The molecule has 1 aromatic heterocycles. The molecule has 0 saturated carbocycles. The van der Waals surface area contributed by atoms with Crippen molar-refractivity contribution in [3.05, 3.63) is 121 Å². The maximum Gasteiger partial charge on any atom is 0.265 e. The molecule has 0 unspecified atom stereocenters. The SMILES string of the molecule is c1ccc(B(c2ccc3cc4c5c(cccc5c3c2)Oc2ccccc2-4)c2ccccn2)cc1. The highest BCUT2D eigenvalue weighted by Gasteiger charge is 2.25. The van der Waals surface area contributed by atoms with Crippen LogP contribution in [0.5, 0.6) is 11.5 Å². The van der Waals surface area contributed by atoms with Crippen LogP contribution >= 0.6 is 0 Å². The predicted octanol–water partition coefficient (Wildman–Crippen LogP) is 5.68. The lowest BCUT2D eigenvalue weighted by Crippen LogP contribution is -2.53. The van der Waals surface area contributed by atoms with Crippen LogP contribution in [0.1, 0.15) is 0 Å². The molecule has 2 heterocycles. The summed E-state index contributed by atoms with van der Waals surface area (Å²) in [5.41, 5.74) is 5.90. The molecule has 158 valence electrons. The molecule has 0 spiro atoms. The average Bonchev–Trinajstić information content (AvgIpc) is 2.90. The molecule has 2 nitrogen and oxygen atoms in total. The normalized spacial score (nSPS) is 11.8. The van der Waals surface area contributed by atoms with Crippen molar-refractivity contribution in [2.75, 3.05) is 0 Å². The second-order valence-corrected chi connectivity index (χ2v) is 8.78. The second-order valence-electron chi connectivity index (χ2n) is 8.78. The molecular weight excluding hydrogens is 413 g/mol. The van der Waals surface area contributed by atoms with Gasteiger partial charge in [-0.2, -0.15) is 0 Å². The van der Waals surface area contributed by atoms with Crippen molar-refractivity contribution in [1.82, 2.24) is 4.98 Å². The molecule has 0 amide bonds. The molecule has 0 saturated heterocycles. The van der Waals surface area contributed by atoms with Crippen LogP contribution in [0.4, 0.5) is 0 Å². The fraction of sp³-hybridized carbons (Fsp3) is 0. The number of aromatic nitrogens is 1. The molecule has 6 aromatic rings. The molecule has 34 heavy (non-hydrogen) atoms. The van der Waals surface area contributed by atoms with E-state index in [0.29, 0.717) is 0 Å². The third-order valence-electron chi connectivity index (χ3n) is 6.81. The molecular formula is C31H20BNO. The topological polar surface area (TPSA) is 22.1 Å². The van der Waals surface area contributed by atoms with Crippen LogP contribution in [0.25, 0.3) is 32.7 Å². The lowest BCUT2D eigenvalue weighted by Gasteiger charge is -2.23. The lowest BCUT2D eigenvalue weighted by atomic mass is 9.38. The summed E-state index contributed by atoms with van der Waals surface area (Å²) < 4.78 is 6.30. The first-order valence-electron chi connectivity index (χ1n) is 11.6. The van der Waals surface area contributed by atoms with Gasteiger partial charge in [0.15, 0.2) is 0 Å². The predicted molar refractivity (Wildman–Crippen MR) is 142 cm³/mol. The molecule has 3 heteroatoms. The van der Waals surface area contributed by atoms with Gasteiger partial charge in [0.1, 0.15) is 11.5 Å². The zero-order chi connectivity index (χ0) is 22.5. The number of pyridine rings is 1. The van der Waals surface area contributed by atoms with E-state index in [2.05, 4.69) is 97.1 Å². The maximum atomic E-state index is 6.30. The number of rotatable bonds is 3. The van der Waals surface area contributed by atoms with Crippen molar-refractivity contribution in [3.8, 4) is 22.6 Å². The van der Waals surface area contributed by atoms with E-state index >= 15 is 0 Å². The summed E-state index contributed by atoms with van der Waals surface area (Å²) in [6.45, 7) is 0.0644. The third-order valence-corrected chi connectivity index (χ3v) is 6.81. The van der Waals surface area contributed by atoms with Crippen LogP contribution in [-0.4, -0.2) is 11.7 Å². The van der Waals surface area contributed by atoms with Gasteiger partial charge in [0, 0.05) is 22.7 Å². The highest BCUT2D eigenvalue weighted by Crippen LogP contribution is 2.48. The van der Waals surface area contributed by atoms with E-state index in [4.69, 9.17) is 9.72 Å². The molecule has 0 bridgehead atoms. The summed E-state index contributed by atoms with van der Waals surface area (Å²) >= 11 is 0. The monoisotopic (exact) mass is 433 g/mol. The second kappa shape index (κ2) is 7.60. The van der Waals surface area contributed by atoms with E-state index < -0.39 is 0 Å². The minimum Gasteiger partial charge on any atom is -0.456 e. The number of benzene rings is 5. The Labute approximate surface area is 198 Å². The molecule has 0 fully saturated rings. The van der Waals surface area contributed by atoms with Gasteiger partial charge in [0.2, 0.25) is 0 Å². The molecule has 0 atom stereocenters. The largest absolute Gasteiger partial charge is 0.456 e. The third kappa shape index (κ3) is 2.94. The minimum absolute atomic E-state index is 0.0644. The van der Waals surface area contributed by atoms with E-state index in [1.54, 1.807) is 0 Å². The van der Waals surface area contributed by atoms with Crippen molar-refractivity contribution in [1.29, 1.82) is 0 Å². The zero-order valence-electron chi connectivity index (χ0n) is 18.5. The standard InChI is InChI=1S/C31H20BNO/c1-2-9-22(10-3-1)32(30-15-6-7-18-33-30)23-17-16-21-19-27-24-11-4-5-13-28(24)34-29-14-8-12-25(31(27)29)26(21)20-23/h1-20H. The highest BCUT2D eigenvalue weighted by atomic mass is 16.5. The van der Waals surface area contributed by atoms with Gasteiger partial charge in [-0.25, -0.2) is 0 Å². The Morgan fingerprint density at radius 2 is 1.38 bits per heavy atom. The van der Waals surface area contributed by atoms with Crippen LogP contribution in [-0.2, 0) is 0 Å². The summed E-state index contributed by atoms with van der Waals surface area (Å²) in [4.78, 5) is 4.73. The summed E-state index contributed by atoms with van der Waals surface area (Å²) in [6.07, 6.45) is 1.88. The van der Waals surface area contributed by atoms with Gasteiger partial charge in [-0.3, -0.25) is 4.98 Å². The van der Waals surface area contributed by atoms with E-state index in [-0.39, 0.29) is 6.71 Å². The summed E-state index contributed by atoms with van der Waals surface area (Å²) in [5, 5.41) is 4.86. The Morgan fingerprint density at radius 3 is 2.26 bits per heavy atom. The number of fused-ring (bicyclic) bond motifs is 4. The minimum atomic E-state index is 0.0644. The molecule has 0 N–H and O–H groups in total. The Bertz CT molecular complexity index is 1640. The molecule has 0 aliphatic carbocycles. The van der Waals surface area contributed by atoms with E-state index in [1.807, 2.05) is 24.4 Å². The fourth-order valence-electron chi connectivity index (χ4n) is 5.29. The number of nitrogens with zero attached hydrogens (tertiary/aromatic N) is 1. The maximum absolute atomic E-state index is 6.30. The first kappa shape index (κ1) is 19.1. The van der Waals surface area contributed by atoms with Crippen LogP contribution in [0, 0.1) is 0 Å². The molecule has 1 aliphatic heterocycles. The molecule has 5 aromatic carbocycles. The summed E-state index contributed by atoms with van der Waals surface area (Å²) in [5.74, 6) is 1.83. The highest BCUT2D eigenvalue weighted by molar-refractivity contribution is 6.95. The zero-order valence-corrected chi connectivity index (χ0v) is 18.5. The van der Waals surface area contributed by atoms with Crippen molar-refractivity contribution >= 4 is 44.8 Å². The fourth-order valence-corrected chi connectivity index (χ4v) is 5.29. The summed E-state index contributed by atoms with van der Waals surface area (Å²) in [7, 11) is 0. The van der Waals surface area contributed by atoms with Crippen LogP contribution in [0.2, 0.25) is 0 Å². The van der Waals surface area contributed by atoms with Gasteiger partial charge < -0.3 is 4.74 Å². The Morgan fingerprint density at radius 1 is 0.559 bits per heavy atom. The van der Waals surface area contributed by atoms with Crippen molar-refractivity contribution in [2.45, 2.75) is 0 Å². The smallest absolute Gasteiger partial charge is 0.265 e. The Hall–Kier alpha value is -4.37. The van der Waals surface area contributed by atoms with Crippen molar-refractivity contribution in [2.24, 2.45) is 0 Å². The molecule has 0 radical (unpaired) electrons. The van der Waals surface area contributed by atoms with Gasteiger partial charge in [-0.05, 0) is 52.1 Å². The van der Waals surface area contributed by atoms with Gasteiger partial charge in [-0.15, -0.1) is 0 Å². The van der Waals surface area contributed by atoms with E-state index in [0.717, 1.165) is 22.7 Å². The van der Waals surface area contributed by atoms with Gasteiger partial charge in [0.05, 0.1) is 0 Å². The van der Waals surface area contributed by atoms with Crippen LogP contribution in [0.3, 0.4) is 0 Å². The summed E-state index contributed by atoms with van der Waals surface area (Å²) in [6, 6.07) is 40.6. The van der Waals surface area contributed by atoms with Crippen LogP contribution < -0.4 is 21.3 Å². The first-order valence-corrected chi connectivity index (χ1v) is 11.6.